The van der Waals surface area contributed by atoms with Gasteiger partial charge in [0.1, 0.15) is 11.3 Å². The van der Waals surface area contributed by atoms with E-state index in [0.717, 1.165) is 19.3 Å². The van der Waals surface area contributed by atoms with Crippen LogP contribution in [-0.2, 0) is 0 Å². The van der Waals surface area contributed by atoms with Crippen LogP contribution in [0.5, 0.6) is 5.75 Å². The fourth-order valence-electron chi connectivity index (χ4n) is 1.41. The molecule has 1 rings (SSSR count). The van der Waals surface area contributed by atoms with Crippen molar-refractivity contribution in [2.45, 2.75) is 19.3 Å². The van der Waals surface area contributed by atoms with Crippen LogP contribution >= 0.6 is 0 Å². The predicted octanol–water partition coefficient (Wildman–Crippen LogP) is 1.51. The maximum Gasteiger partial charge on any atom is 0.339 e. The highest BCUT2D eigenvalue weighted by molar-refractivity contribution is 5.91. The number of hydrogen-bond acceptors (Lipinski definition) is 4. The van der Waals surface area contributed by atoms with E-state index in [1.807, 2.05) is 0 Å². The van der Waals surface area contributed by atoms with Crippen molar-refractivity contribution in [1.29, 1.82) is 0 Å². The van der Waals surface area contributed by atoms with Crippen LogP contribution in [0.1, 0.15) is 29.6 Å². The molecule has 5 heteroatoms. The van der Waals surface area contributed by atoms with E-state index >= 15 is 0 Å². The molecular formula is C12H17NO4. The van der Waals surface area contributed by atoms with Gasteiger partial charge in [0.05, 0.1) is 6.61 Å². The first-order chi connectivity index (χ1) is 8.15. The van der Waals surface area contributed by atoms with Crippen LogP contribution in [0.25, 0.3) is 0 Å². The summed E-state index contributed by atoms with van der Waals surface area (Å²) in [5.74, 6) is -0.739. The summed E-state index contributed by atoms with van der Waals surface area (Å²) in [5.41, 5.74) is 6.16. The number of hydrogen-bond donors (Lipinski definition) is 3. The number of benzene rings is 1. The molecule has 17 heavy (non-hydrogen) atoms. The van der Waals surface area contributed by atoms with Crippen LogP contribution in [0.2, 0.25) is 0 Å². The van der Waals surface area contributed by atoms with Gasteiger partial charge in [-0.05, 0) is 31.4 Å². The van der Waals surface area contributed by atoms with Crippen LogP contribution in [-0.4, -0.2) is 29.4 Å². The van der Waals surface area contributed by atoms with Crippen LogP contribution < -0.4 is 10.5 Å². The largest absolute Gasteiger partial charge is 0.493 e. The van der Waals surface area contributed by atoms with E-state index in [9.17, 15) is 4.79 Å². The van der Waals surface area contributed by atoms with E-state index in [4.69, 9.17) is 20.7 Å². The molecule has 0 saturated carbocycles. The molecule has 1 aromatic carbocycles. The first-order valence-electron chi connectivity index (χ1n) is 5.51. The highest BCUT2D eigenvalue weighted by Crippen LogP contribution is 2.22. The fourth-order valence-corrected chi connectivity index (χ4v) is 1.41. The van der Waals surface area contributed by atoms with Gasteiger partial charge in [0.15, 0.2) is 0 Å². The molecule has 0 aliphatic rings. The molecule has 0 aromatic heterocycles. The van der Waals surface area contributed by atoms with Gasteiger partial charge in [-0.3, -0.25) is 0 Å². The average Bonchev–Trinajstić information content (AvgIpc) is 2.28. The number of ether oxygens (including phenoxy) is 1. The Balaban J connectivity index is 2.56. The standard InChI is InChI=1S/C12H17NO4/c13-9-4-5-10(12(15)16)11(8-9)17-7-3-1-2-6-14/h4-5,8,14H,1-3,6-7,13H2,(H,15,16). The third-order valence-corrected chi connectivity index (χ3v) is 2.30. The maximum absolute atomic E-state index is 10.9. The zero-order chi connectivity index (χ0) is 12.7. The van der Waals surface area contributed by atoms with E-state index < -0.39 is 5.97 Å². The van der Waals surface area contributed by atoms with Crippen molar-refractivity contribution in [3.8, 4) is 5.75 Å². The maximum atomic E-state index is 10.9. The number of unbranched alkanes of at least 4 members (excludes halogenated alkanes) is 2. The van der Waals surface area contributed by atoms with Gasteiger partial charge < -0.3 is 20.7 Å². The number of nitrogens with two attached hydrogens (primary N) is 1. The molecule has 0 atom stereocenters. The molecule has 0 amide bonds. The Morgan fingerprint density at radius 2 is 2.06 bits per heavy atom. The summed E-state index contributed by atoms with van der Waals surface area (Å²) in [7, 11) is 0. The Labute approximate surface area is 99.8 Å². The molecule has 1 aromatic rings. The number of nitrogen functional groups attached to an aromatic ring is 1. The first-order valence-corrected chi connectivity index (χ1v) is 5.51. The first kappa shape index (κ1) is 13.3. The van der Waals surface area contributed by atoms with E-state index in [1.165, 1.54) is 18.2 Å². The molecule has 0 aliphatic heterocycles. The Hall–Kier alpha value is -1.75. The number of rotatable bonds is 7. The van der Waals surface area contributed by atoms with Crippen molar-refractivity contribution in [1.82, 2.24) is 0 Å². The Morgan fingerprint density at radius 3 is 2.71 bits per heavy atom. The van der Waals surface area contributed by atoms with Gasteiger partial charge in [0, 0.05) is 18.4 Å². The molecule has 0 saturated heterocycles. The van der Waals surface area contributed by atoms with E-state index in [0.29, 0.717) is 18.0 Å². The molecule has 94 valence electrons. The van der Waals surface area contributed by atoms with Crippen molar-refractivity contribution in [2.75, 3.05) is 18.9 Å². The van der Waals surface area contributed by atoms with E-state index in [-0.39, 0.29) is 12.2 Å². The highest BCUT2D eigenvalue weighted by Gasteiger charge is 2.11. The summed E-state index contributed by atoms with van der Waals surface area (Å²) in [6, 6.07) is 4.47. The quantitative estimate of drug-likeness (QED) is 0.495. The Morgan fingerprint density at radius 1 is 1.29 bits per heavy atom. The molecular weight excluding hydrogens is 222 g/mol. The summed E-state index contributed by atoms with van der Waals surface area (Å²) >= 11 is 0. The highest BCUT2D eigenvalue weighted by atomic mass is 16.5. The number of aromatic carboxylic acids is 1. The summed E-state index contributed by atoms with van der Waals surface area (Å²) in [6.07, 6.45) is 2.35. The van der Waals surface area contributed by atoms with Crippen molar-refractivity contribution in [3.05, 3.63) is 23.8 Å². The molecule has 0 radical (unpaired) electrons. The van der Waals surface area contributed by atoms with Gasteiger partial charge in [-0.2, -0.15) is 0 Å². The summed E-state index contributed by atoms with van der Waals surface area (Å²) in [5, 5.41) is 17.5. The minimum Gasteiger partial charge on any atom is -0.493 e. The van der Waals surface area contributed by atoms with Crippen LogP contribution in [0.15, 0.2) is 18.2 Å². The topological polar surface area (TPSA) is 92.8 Å². The lowest BCUT2D eigenvalue weighted by Crippen LogP contribution is -2.05. The molecule has 0 heterocycles. The monoisotopic (exact) mass is 239 g/mol. The van der Waals surface area contributed by atoms with Gasteiger partial charge in [-0.15, -0.1) is 0 Å². The zero-order valence-corrected chi connectivity index (χ0v) is 9.56. The lowest BCUT2D eigenvalue weighted by Gasteiger charge is -2.09. The van der Waals surface area contributed by atoms with Crippen LogP contribution in [0.4, 0.5) is 5.69 Å². The fraction of sp³-hybridized carbons (Fsp3) is 0.417. The predicted molar refractivity (Wildman–Crippen MR) is 64.2 cm³/mol. The van der Waals surface area contributed by atoms with E-state index in [1.54, 1.807) is 0 Å². The summed E-state index contributed by atoms with van der Waals surface area (Å²) in [6.45, 7) is 0.586. The van der Waals surface area contributed by atoms with Gasteiger partial charge >= 0.3 is 5.97 Å². The van der Waals surface area contributed by atoms with Gasteiger partial charge in [-0.1, -0.05) is 0 Å². The molecule has 0 unspecified atom stereocenters. The molecule has 0 spiro atoms. The number of carboxylic acids is 1. The molecule has 5 nitrogen and oxygen atoms in total. The lowest BCUT2D eigenvalue weighted by molar-refractivity contribution is 0.0692. The second-order valence-corrected chi connectivity index (χ2v) is 3.69. The SMILES string of the molecule is Nc1ccc(C(=O)O)c(OCCCCCO)c1. The Bertz CT molecular complexity index is 379. The summed E-state index contributed by atoms with van der Waals surface area (Å²) in [4.78, 5) is 10.9. The molecule has 4 N–H and O–H groups in total. The third kappa shape index (κ3) is 4.32. The second kappa shape index (κ2) is 6.75. The van der Waals surface area contributed by atoms with Gasteiger partial charge in [0.25, 0.3) is 0 Å². The van der Waals surface area contributed by atoms with Crippen molar-refractivity contribution in [3.63, 3.8) is 0 Å². The van der Waals surface area contributed by atoms with Gasteiger partial charge in [0.2, 0.25) is 0 Å². The van der Waals surface area contributed by atoms with Crippen molar-refractivity contribution in [2.24, 2.45) is 0 Å². The number of aliphatic hydroxyl groups excluding tert-OH is 1. The second-order valence-electron chi connectivity index (χ2n) is 3.69. The van der Waals surface area contributed by atoms with Crippen LogP contribution in [0.3, 0.4) is 0 Å². The number of carbonyl (C=O) groups is 1. The van der Waals surface area contributed by atoms with Crippen molar-refractivity contribution < 1.29 is 19.7 Å². The number of anilines is 1. The van der Waals surface area contributed by atoms with E-state index in [2.05, 4.69) is 0 Å². The third-order valence-electron chi connectivity index (χ3n) is 2.30. The van der Waals surface area contributed by atoms with Crippen molar-refractivity contribution >= 4 is 11.7 Å². The van der Waals surface area contributed by atoms with Gasteiger partial charge in [-0.25, -0.2) is 4.79 Å². The molecule has 0 fully saturated rings. The Kier molecular flexibility index (Phi) is 5.29. The lowest BCUT2D eigenvalue weighted by atomic mass is 10.2. The minimum absolute atomic E-state index is 0.112. The zero-order valence-electron chi connectivity index (χ0n) is 9.56. The molecule has 0 aliphatic carbocycles. The summed E-state index contributed by atoms with van der Waals surface area (Å²) < 4.78 is 5.38. The smallest absolute Gasteiger partial charge is 0.339 e. The average molecular weight is 239 g/mol. The molecule has 0 bridgehead atoms. The minimum atomic E-state index is -1.03. The number of carboxylic acid groups (broad SMARTS) is 1. The number of aliphatic hydroxyl groups is 1. The van der Waals surface area contributed by atoms with Crippen LogP contribution in [0, 0.1) is 0 Å². The normalized spacial score (nSPS) is 10.2.